The molecule has 0 bridgehead atoms. The first-order chi connectivity index (χ1) is 5.11. The zero-order valence-electron chi connectivity index (χ0n) is 6.72. The van der Waals surface area contributed by atoms with Crippen LogP contribution in [0.2, 0.25) is 0 Å². The Labute approximate surface area is 67.6 Å². The second kappa shape index (κ2) is 2.82. The van der Waals surface area contributed by atoms with Crippen molar-refractivity contribution >= 4 is 32.5 Å². The molecular formula is C7H9B2NO. The summed E-state index contributed by atoms with van der Waals surface area (Å²) in [5.74, 6) is -0.355. The molecule has 11 heavy (non-hydrogen) atoms. The highest BCUT2D eigenvalue weighted by Gasteiger charge is 2.02. The van der Waals surface area contributed by atoms with Crippen LogP contribution in [-0.2, 0) is 0 Å². The van der Waals surface area contributed by atoms with Gasteiger partial charge in [0.15, 0.2) is 0 Å². The molecule has 0 unspecified atom stereocenters. The summed E-state index contributed by atoms with van der Waals surface area (Å²) in [6, 6.07) is 5.66. The van der Waals surface area contributed by atoms with Gasteiger partial charge in [0.1, 0.15) is 15.7 Å². The average Bonchev–Trinajstić information content (AvgIpc) is 1.94. The maximum atomic E-state index is 10.8. The van der Waals surface area contributed by atoms with Gasteiger partial charge in [-0.2, -0.15) is 0 Å². The van der Waals surface area contributed by atoms with Crippen molar-refractivity contribution < 1.29 is 4.79 Å². The number of amides is 1. The minimum absolute atomic E-state index is 0.355. The SMILES string of the molecule is Bc1ccc(B)c(C(N)=O)c1. The maximum Gasteiger partial charge on any atom is 0.248 e. The van der Waals surface area contributed by atoms with Crippen molar-refractivity contribution in [2.75, 3.05) is 0 Å². The van der Waals surface area contributed by atoms with Crippen LogP contribution in [0.4, 0.5) is 0 Å². The molecule has 2 N–H and O–H groups in total. The highest BCUT2D eigenvalue weighted by Crippen LogP contribution is 1.89. The van der Waals surface area contributed by atoms with E-state index in [1.54, 1.807) is 6.07 Å². The van der Waals surface area contributed by atoms with Gasteiger partial charge in [0.2, 0.25) is 5.91 Å². The Morgan fingerprint density at radius 3 is 2.45 bits per heavy atom. The van der Waals surface area contributed by atoms with Crippen LogP contribution in [0.3, 0.4) is 0 Å². The third-order valence-electron chi connectivity index (χ3n) is 1.66. The summed E-state index contributed by atoms with van der Waals surface area (Å²) in [6.45, 7) is 0. The van der Waals surface area contributed by atoms with Crippen molar-refractivity contribution in [1.29, 1.82) is 0 Å². The quantitative estimate of drug-likeness (QED) is 0.429. The third kappa shape index (κ3) is 1.64. The number of benzene rings is 1. The van der Waals surface area contributed by atoms with Gasteiger partial charge < -0.3 is 5.73 Å². The first-order valence-corrected chi connectivity index (χ1v) is 3.48. The largest absolute Gasteiger partial charge is 0.366 e. The lowest BCUT2D eigenvalue weighted by atomic mass is 9.85. The first-order valence-electron chi connectivity index (χ1n) is 3.48. The van der Waals surface area contributed by atoms with Gasteiger partial charge in [-0.15, -0.1) is 0 Å². The van der Waals surface area contributed by atoms with E-state index in [0.717, 1.165) is 10.9 Å². The van der Waals surface area contributed by atoms with Crippen molar-refractivity contribution in [3.63, 3.8) is 0 Å². The zero-order chi connectivity index (χ0) is 8.43. The van der Waals surface area contributed by atoms with Crippen LogP contribution >= 0.6 is 0 Å². The van der Waals surface area contributed by atoms with E-state index in [-0.39, 0.29) is 5.91 Å². The standard InChI is InChI=1S/C7H9B2NO/c8-4-1-2-6(9)5(3-4)7(10)11/h1-3H,8-9H2,(H2,10,11). The minimum Gasteiger partial charge on any atom is -0.366 e. The van der Waals surface area contributed by atoms with Gasteiger partial charge in [-0.05, 0) is 0 Å². The molecule has 54 valence electrons. The summed E-state index contributed by atoms with van der Waals surface area (Å²) in [7, 11) is 3.81. The van der Waals surface area contributed by atoms with Crippen molar-refractivity contribution in [3.8, 4) is 0 Å². The summed E-state index contributed by atoms with van der Waals surface area (Å²) in [4.78, 5) is 10.8. The molecule has 0 aliphatic heterocycles. The van der Waals surface area contributed by atoms with Crippen LogP contribution in [0.15, 0.2) is 18.2 Å². The summed E-state index contributed by atoms with van der Waals surface area (Å²) >= 11 is 0. The van der Waals surface area contributed by atoms with Crippen LogP contribution in [0.1, 0.15) is 10.4 Å². The number of hydrogen-bond donors (Lipinski definition) is 1. The van der Waals surface area contributed by atoms with Gasteiger partial charge in [-0.3, -0.25) is 4.79 Å². The Bertz CT molecular complexity index is 298. The summed E-state index contributed by atoms with van der Waals surface area (Å²) in [6.07, 6.45) is 0. The number of hydrogen-bond acceptors (Lipinski definition) is 1. The molecule has 0 aliphatic carbocycles. The smallest absolute Gasteiger partial charge is 0.248 e. The molecule has 0 spiro atoms. The molecule has 2 nitrogen and oxygen atoms in total. The fraction of sp³-hybridized carbons (Fsp3) is 0. The Kier molecular flexibility index (Phi) is 2.03. The molecule has 0 fully saturated rings. The maximum absolute atomic E-state index is 10.8. The van der Waals surface area contributed by atoms with Gasteiger partial charge in [0.05, 0.1) is 0 Å². The third-order valence-corrected chi connectivity index (χ3v) is 1.66. The molecule has 0 saturated carbocycles. The van der Waals surface area contributed by atoms with Gasteiger partial charge in [-0.25, -0.2) is 0 Å². The number of nitrogens with two attached hydrogens (primary N) is 1. The van der Waals surface area contributed by atoms with Gasteiger partial charge in [0.25, 0.3) is 0 Å². The Morgan fingerprint density at radius 2 is 2.00 bits per heavy atom. The molecule has 1 aromatic carbocycles. The van der Waals surface area contributed by atoms with Crippen LogP contribution in [0.25, 0.3) is 0 Å². The molecule has 1 aromatic rings. The van der Waals surface area contributed by atoms with E-state index in [9.17, 15) is 4.79 Å². The van der Waals surface area contributed by atoms with Gasteiger partial charge in [-0.1, -0.05) is 29.1 Å². The van der Waals surface area contributed by atoms with E-state index >= 15 is 0 Å². The lowest BCUT2D eigenvalue weighted by molar-refractivity contribution is 0.100. The summed E-state index contributed by atoms with van der Waals surface area (Å²) in [5.41, 5.74) is 7.75. The molecular weight excluding hydrogens is 136 g/mol. The zero-order valence-corrected chi connectivity index (χ0v) is 6.72. The Morgan fingerprint density at radius 1 is 1.36 bits per heavy atom. The summed E-state index contributed by atoms with van der Waals surface area (Å²) < 4.78 is 0. The Balaban J connectivity index is 3.23. The van der Waals surface area contributed by atoms with E-state index in [1.807, 2.05) is 27.8 Å². The minimum atomic E-state index is -0.355. The fourth-order valence-electron chi connectivity index (χ4n) is 1.00. The molecule has 1 rings (SSSR count). The van der Waals surface area contributed by atoms with Gasteiger partial charge >= 0.3 is 0 Å². The number of rotatable bonds is 1. The van der Waals surface area contributed by atoms with Gasteiger partial charge in [0, 0.05) is 5.56 Å². The summed E-state index contributed by atoms with van der Waals surface area (Å²) in [5, 5.41) is 0. The predicted octanol–water partition coefficient (Wildman–Crippen LogP) is -2.70. The molecule has 4 heteroatoms. The van der Waals surface area contributed by atoms with Crippen LogP contribution < -0.4 is 16.7 Å². The highest BCUT2D eigenvalue weighted by molar-refractivity contribution is 6.38. The van der Waals surface area contributed by atoms with Crippen molar-refractivity contribution in [2.24, 2.45) is 5.73 Å². The highest BCUT2D eigenvalue weighted by atomic mass is 16.1. The van der Waals surface area contributed by atoms with Crippen molar-refractivity contribution in [3.05, 3.63) is 23.8 Å². The fourth-order valence-corrected chi connectivity index (χ4v) is 1.00. The monoisotopic (exact) mass is 145 g/mol. The lowest BCUT2D eigenvalue weighted by Crippen LogP contribution is -2.24. The van der Waals surface area contributed by atoms with Crippen molar-refractivity contribution in [2.45, 2.75) is 0 Å². The van der Waals surface area contributed by atoms with E-state index in [0.29, 0.717) is 5.56 Å². The first kappa shape index (κ1) is 7.92. The van der Waals surface area contributed by atoms with E-state index in [1.165, 1.54) is 0 Å². The second-order valence-electron chi connectivity index (χ2n) is 2.68. The molecule has 0 aliphatic rings. The average molecular weight is 145 g/mol. The molecule has 1 amide bonds. The van der Waals surface area contributed by atoms with E-state index < -0.39 is 0 Å². The molecule has 0 atom stereocenters. The lowest BCUT2D eigenvalue weighted by Gasteiger charge is -2.01. The second-order valence-corrected chi connectivity index (χ2v) is 2.68. The van der Waals surface area contributed by atoms with Crippen LogP contribution in [0.5, 0.6) is 0 Å². The number of primary amides is 1. The van der Waals surface area contributed by atoms with Crippen LogP contribution in [-0.4, -0.2) is 21.6 Å². The Hall–Kier alpha value is -1.18. The number of carbonyl (C=O) groups excluding carboxylic acids is 1. The molecule has 0 aromatic heterocycles. The van der Waals surface area contributed by atoms with E-state index in [4.69, 9.17) is 5.73 Å². The topological polar surface area (TPSA) is 43.1 Å². The molecule has 0 radical (unpaired) electrons. The van der Waals surface area contributed by atoms with Crippen LogP contribution in [0, 0.1) is 0 Å². The van der Waals surface area contributed by atoms with E-state index in [2.05, 4.69) is 0 Å². The molecule has 0 heterocycles. The predicted molar refractivity (Wildman–Crippen MR) is 51.3 cm³/mol. The number of carbonyl (C=O) groups is 1. The normalized spacial score (nSPS) is 9.45. The molecule has 0 saturated heterocycles. The van der Waals surface area contributed by atoms with Crippen molar-refractivity contribution in [1.82, 2.24) is 0 Å².